The topological polar surface area (TPSA) is 141 Å². The molecular formula is C20H22N6O4. The van der Waals surface area contributed by atoms with Gasteiger partial charge in [-0.15, -0.1) is 0 Å². The van der Waals surface area contributed by atoms with Gasteiger partial charge in [0.05, 0.1) is 12.9 Å². The van der Waals surface area contributed by atoms with Gasteiger partial charge in [0.2, 0.25) is 0 Å². The van der Waals surface area contributed by atoms with Crippen molar-refractivity contribution < 1.29 is 20.1 Å². The molecule has 30 heavy (non-hydrogen) atoms. The Morgan fingerprint density at radius 2 is 2.00 bits per heavy atom. The van der Waals surface area contributed by atoms with Crippen molar-refractivity contribution in [2.24, 2.45) is 0 Å². The first-order valence-electron chi connectivity index (χ1n) is 9.76. The number of aliphatic hydroxyl groups excluding tert-OH is 3. The quantitative estimate of drug-likeness (QED) is 0.311. The van der Waals surface area contributed by atoms with E-state index < -0.39 is 31.1 Å². The Labute approximate surface area is 171 Å². The lowest BCUT2D eigenvalue weighted by Crippen LogP contribution is -2.33. The number of imidazole rings is 1. The maximum absolute atomic E-state index is 10.3. The summed E-state index contributed by atoms with van der Waals surface area (Å²) < 4.78 is 7.13. The highest BCUT2D eigenvalue weighted by Crippen LogP contribution is 2.32. The molecule has 1 aromatic carbocycles. The highest BCUT2D eigenvalue weighted by Gasteiger charge is 2.44. The van der Waals surface area contributed by atoms with Gasteiger partial charge in [-0.25, -0.2) is 15.0 Å². The fourth-order valence-electron chi connectivity index (χ4n) is 3.93. The molecule has 0 amide bonds. The number of anilines is 1. The number of hydrogen-bond acceptors (Lipinski definition) is 8. The van der Waals surface area contributed by atoms with Crippen LogP contribution in [0.15, 0.2) is 43.1 Å². The van der Waals surface area contributed by atoms with E-state index in [1.807, 2.05) is 24.4 Å². The second-order valence-electron chi connectivity index (χ2n) is 7.31. The van der Waals surface area contributed by atoms with E-state index in [0.717, 1.165) is 11.9 Å². The average Bonchev–Trinajstić information content (AvgIpc) is 3.45. The molecular weight excluding hydrogens is 388 g/mol. The molecule has 0 saturated carbocycles. The summed E-state index contributed by atoms with van der Waals surface area (Å²) in [6, 6.07) is 8.16. The van der Waals surface area contributed by atoms with E-state index in [1.54, 1.807) is 4.57 Å². The summed E-state index contributed by atoms with van der Waals surface area (Å²) in [7, 11) is 0. The minimum atomic E-state index is -1.20. The van der Waals surface area contributed by atoms with Crippen molar-refractivity contribution in [1.29, 1.82) is 0 Å². The zero-order valence-corrected chi connectivity index (χ0v) is 16.0. The third kappa shape index (κ3) is 3.10. The number of ether oxygens (including phenoxy) is 1. The summed E-state index contributed by atoms with van der Waals surface area (Å²) in [6.45, 7) is 0.256. The molecule has 1 aliphatic heterocycles. The summed E-state index contributed by atoms with van der Waals surface area (Å²) in [5.41, 5.74) is 3.32. The van der Waals surface area contributed by atoms with Crippen LogP contribution in [0, 0.1) is 0 Å². The molecule has 4 atom stereocenters. The van der Waals surface area contributed by atoms with Crippen molar-refractivity contribution in [3.63, 3.8) is 0 Å². The largest absolute Gasteiger partial charge is 0.394 e. The molecule has 0 bridgehead atoms. The van der Waals surface area contributed by atoms with Gasteiger partial charge in [0.1, 0.15) is 24.6 Å². The van der Waals surface area contributed by atoms with E-state index in [4.69, 9.17) is 4.74 Å². The number of aromatic nitrogens is 5. The number of nitrogens with zero attached hydrogens (tertiary/aromatic N) is 4. The maximum atomic E-state index is 10.3. The minimum Gasteiger partial charge on any atom is -0.394 e. The monoisotopic (exact) mass is 410 g/mol. The zero-order chi connectivity index (χ0) is 20.7. The van der Waals surface area contributed by atoms with Crippen LogP contribution in [0.25, 0.3) is 22.1 Å². The lowest BCUT2D eigenvalue weighted by molar-refractivity contribution is -0.0511. The third-order valence-electron chi connectivity index (χ3n) is 5.51. The fourth-order valence-corrected chi connectivity index (χ4v) is 3.93. The van der Waals surface area contributed by atoms with E-state index in [-0.39, 0.29) is 0 Å². The fraction of sp³-hybridized carbons (Fsp3) is 0.350. The number of hydrogen-bond donors (Lipinski definition) is 5. The molecule has 4 heterocycles. The van der Waals surface area contributed by atoms with Crippen LogP contribution >= 0.6 is 0 Å². The lowest BCUT2D eigenvalue weighted by atomic mass is 10.1. The van der Waals surface area contributed by atoms with Crippen molar-refractivity contribution in [1.82, 2.24) is 24.5 Å². The van der Waals surface area contributed by atoms with Gasteiger partial charge >= 0.3 is 0 Å². The molecule has 5 rings (SSSR count). The molecule has 5 N–H and O–H groups in total. The third-order valence-corrected chi connectivity index (χ3v) is 5.51. The summed E-state index contributed by atoms with van der Waals surface area (Å²) in [5.74, 6) is 0.574. The summed E-state index contributed by atoms with van der Waals surface area (Å²) >= 11 is 0. The van der Waals surface area contributed by atoms with Crippen molar-refractivity contribution in [2.75, 3.05) is 18.5 Å². The van der Waals surface area contributed by atoms with Crippen molar-refractivity contribution in [3.05, 3.63) is 48.7 Å². The van der Waals surface area contributed by atoms with E-state index in [0.29, 0.717) is 23.5 Å². The van der Waals surface area contributed by atoms with E-state index >= 15 is 0 Å². The first kappa shape index (κ1) is 18.9. The molecule has 1 fully saturated rings. The van der Waals surface area contributed by atoms with E-state index in [2.05, 4.69) is 31.3 Å². The summed E-state index contributed by atoms with van der Waals surface area (Å²) in [6.07, 6.45) is 1.57. The Hall–Kier alpha value is -3.05. The first-order valence-corrected chi connectivity index (χ1v) is 9.76. The van der Waals surface area contributed by atoms with Crippen molar-refractivity contribution in [3.8, 4) is 0 Å². The highest BCUT2D eigenvalue weighted by atomic mass is 16.6. The number of nitrogens with one attached hydrogen (secondary N) is 2. The van der Waals surface area contributed by atoms with Crippen molar-refractivity contribution >= 4 is 27.9 Å². The van der Waals surface area contributed by atoms with Gasteiger partial charge in [-0.2, -0.15) is 0 Å². The number of benzene rings is 1. The number of aromatic amines is 1. The molecule has 1 saturated heterocycles. The van der Waals surface area contributed by atoms with Crippen LogP contribution in [0.4, 0.5) is 5.82 Å². The number of H-pyrrole nitrogens is 1. The number of rotatable bonds is 6. The van der Waals surface area contributed by atoms with Gasteiger partial charge in [-0.1, -0.05) is 18.2 Å². The van der Waals surface area contributed by atoms with Crippen LogP contribution in [0.3, 0.4) is 0 Å². The molecule has 156 valence electrons. The van der Waals surface area contributed by atoms with Gasteiger partial charge in [-0.3, -0.25) is 4.57 Å². The van der Waals surface area contributed by atoms with Crippen molar-refractivity contribution in [2.45, 2.75) is 31.0 Å². The molecule has 0 aliphatic carbocycles. The Morgan fingerprint density at radius 1 is 1.13 bits per heavy atom. The van der Waals surface area contributed by atoms with Gasteiger partial charge in [0.15, 0.2) is 23.2 Å². The SMILES string of the molecule is OC[C@@H]1O[C@H](n2cnc3c(NCCc4c[nH]c5ccccc45)ncnc32)[C@@H](O)[C@H]1O. The van der Waals surface area contributed by atoms with E-state index in [1.165, 1.54) is 23.6 Å². The van der Waals surface area contributed by atoms with Crippen LogP contribution in [-0.2, 0) is 11.2 Å². The van der Waals surface area contributed by atoms with Crippen LogP contribution in [0.5, 0.6) is 0 Å². The predicted molar refractivity (Wildman–Crippen MR) is 109 cm³/mol. The van der Waals surface area contributed by atoms with Gasteiger partial charge in [0.25, 0.3) is 0 Å². The Morgan fingerprint density at radius 3 is 2.83 bits per heavy atom. The maximum Gasteiger partial charge on any atom is 0.167 e. The zero-order valence-electron chi connectivity index (χ0n) is 16.0. The first-order chi connectivity index (χ1) is 14.7. The molecule has 1 aliphatic rings. The minimum absolute atomic E-state index is 0.392. The molecule has 0 spiro atoms. The Balaban J connectivity index is 1.35. The van der Waals surface area contributed by atoms with Gasteiger partial charge in [-0.05, 0) is 18.1 Å². The highest BCUT2D eigenvalue weighted by molar-refractivity contribution is 5.84. The number of aliphatic hydroxyl groups is 3. The second-order valence-corrected chi connectivity index (χ2v) is 7.31. The second kappa shape index (κ2) is 7.65. The smallest absolute Gasteiger partial charge is 0.167 e. The van der Waals surface area contributed by atoms with Gasteiger partial charge < -0.3 is 30.4 Å². The van der Waals surface area contributed by atoms with E-state index in [9.17, 15) is 15.3 Å². The predicted octanol–water partition coefficient (Wildman–Crippen LogP) is 0.574. The molecule has 10 heteroatoms. The van der Waals surface area contributed by atoms with Crippen LogP contribution in [0.2, 0.25) is 0 Å². The number of fused-ring (bicyclic) bond motifs is 2. The van der Waals surface area contributed by atoms with Gasteiger partial charge in [0, 0.05) is 23.6 Å². The summed E-state index contributed by atoms with van der Waals surface area (Å²) in [5, 5.41) is 34.1. The Kier molecular flexibility index (Phi) is 4.83. The molecule has 4 aromatic rings. The lowest BCUT2D eigenvalue weighted by Gasteiger charge is -2.16. The summed E-state index contributed by atoms with van der Waals surface area (Å²) in [4.78, 5) is 16.2. The normalized spacial score (nSPS) is 24.1. The van der Waals surface area contributed by atoms with Crippen LogP contribution in [-0.4, -0.2) is 71.3 Å². The number of para-hydroxylation sites is 1. The molecule has 3 aromatic heterocycles. The Bertz CT molecular complexity index is 1170. The standard InChI is InChI=1S/C20H22N6O4/c27-8-14-16(28)17(29)20(30-14)26-10-25-15-18(23-9-24-19(15)26)21-6-5-11-7-22-13-4-2-1-3-12(11)13/h1-4,7,9-10,14,16-17,20,22,27-29H,5-6,8H2,(H,21,23,24)/t14-,16-,17-,20-/m0/s1. The average molecular weight is 410 g/mol. The molecule has 0 unspecified atom stereocenters. The molecule has 0 radical (unpaired) electrons. The van der Waals surface area contributed by atoms with Crippen LogP contribution in [0.1, 0.15) is 11.8 Å². The molecule has 10 nitrogen and oxygen atoms in total. The van der Waals surface area contributed by atoms with Crippen LogP contribution < -0.4 is 5.32 Å².